The van der Waals surface area contributed by atoms with E-state index in [1.807, 2.05) is 43.3 Å². The van der Waals surface area contributed by atoms with Gasteiger partial charge in [0, 0.05) is 24.4 Å². The lowest BCUT2D eigenvalue weighted by molar-refractivity contribution is -0.384. The predicted molar refractivity (Wildman–Crippen MR) is 104 cm³/mol. The van der Waals surface area contributed by atoms with Crippen molar-refractivity contribution in [3.63, 3.8) is 0 Å². The van der Waals surface area contributed by atoms with Crippen LogP contribution in [0.4, 0.5) is 11.4 Å². The first kappa shape index (κ1) is 20.7. The fourth-order valence-corrected chi connectivity index (χ4v) is 3.40. The minimum absolute atomic E-state index is 0.0892. The minimum atomic E-state index is -3.53. The summed E-state index contributed by atoms with van der Waals surface area (Å²) in [4.78, 5) is 12.7. The van der Waals surface area contributed by atoms with Crippen molar-refractivity contribution < 1.29 is 18.1 Å². The summed E-state index contributed by atoms with van der Waals surface area (Å²) in [5, 5.41) is 14.5. The van der Waals surface area contributed by atoms with Gasteiger partial charge in [-0.25, -0.2) is 8.42 Å². The summed E-state index contributed by atoms with van der Waals surface area (Å²) in [6.45, 7) is 0.367. The van der Waals surface area contributed by atoms with E-state index in [1.54, 1.807) is 7.11 Å². The molecule has 2 aromatic carbocycles. The zero-order chi connectivity index (χ0) is 20.2. The predicted octanol–water partition coefficient (Wildman–Crippen LogP) is 2.72. The van der Waals surface area contributed by atoms with Crippen molar-refractivity contribution in [1.29, 1.82) is 0 Å². The average molecular weight is 393 g/mol. The first-order chi connectivity index (χ1) is 12.6. The van der Waals surface area contributed by atoms with E-state index in [2.05, 4.69) is 5.32 Å². The monoisotopic (exact) mass is 393 g/mol. The molecule has 0 aromatic heterocycles. The molecule has 0 aliphatic carbocycles. The third kappa shape index (κ3) is 4.95. The molecule has 0 radical (unpaired) electrons. The Hall–Kier alpha value is -2.65. The smallest absolute Gasteiger partial charge is 0.293 e. The van der Waals surface area contributed by atoms with Crippen molar-refractivity contribution in [2.75, 3.05) is 39.3 Å². The second-order valence-electron chi connectivity index (χ2n) is 6.31. The number of ether oxygens (including phenoxy) is 1. The molecular weight excluding hydrogens is 370 g/mol. The molecule has 0 heterocycles. The Morgan fingerprint density at radius 1 is 1.22 bits per heavy atom. The van der Waals surface area contributed by atoms with Crippen molar-refractivity contribution in [3.8, 4) is 5.75 Å². The topological polar surface area (TPSA) is 102 Å². The van der Waals surface area contributed by atoms with Crippen molar-refractivity contribution in [2.24, 2.45) is 0 Å². The number of hydrogen-bond donors (Lipinski definition) is 1. The van der Waals surface area contributed by atoms with Gasteiger partial charge < -0.3 is 15.0 Å². The summed E-state index contributed by atoms with van der Waals surface area (Å²) < 4.78 is 28.7. The molecule has 0 aliphatic rings. The Bertz CT molecular complexity index is 928. The van der Waals surface area contributed by atoms with Crippen LogP contribution in [0, 0.1) is 10.1 Å². The molecule has 0 aliphatic heterocycles. The molecule has 1 atom stereocenters. The van der Waals surface area contributed by atoms with E-state index in [9.17, 15) is 18.5 Å². The summed E-state index contributed by atoms with van der Waals surface area (Å²) in [6, 6.07) is 11.3. The van der Waals surface area contributed by atoms with Gasteiger partial charge >= 0.3 is 0 Å². The van der Waals surface area contributed by atoms with Gasteiger partial charge in [-0.05, 0) is 32.3 Å². The molecule has 0 saturated carbocycles. The van der Waals surface area contributed by atoms with Gasteiger partial charge in [0.25, 0.3) is 5.69 Å². The van der Waals surface area contributed by atoms with Crippen molar-refractivity contribution in [3.05, 3.63) is 58.1 Å². The quantitative estimate of drug-likeness (QED) is 0.543. The Kier molecular flexibility index (Phi) is 6.40. The number of likely N-dealkylation sites (N-methyl/N-ethyl adjacent to an activating group) is 1. The fraction of sp³-hybridized carbons (Fsp3) is 0.333. The van der Waals surface area contributed by atoms with Crippen LogP contribution in [0.1, 0.15) is 11.6 Å². The molecular formula is C18H23N3O5S. The number of benzene rings is 2. The first-order valence-corrected chi connectivity index (χ1v) is 10.1. The van der Waals surface area contributed by atoms with Gasteiger partial charge in [-0.1, -0.05) is 18.2 Å². The van der Waals surface area contributed by atoms with E-state index < -0.39 is 14.8 Å². The fourth-order valence-electron chi connectivity index (χ4n) is 2.76. The highest BCUT2D eigenvalue weighted by atomic mass is 32.2. The number of nitro benzene ring substituents is 1. The lowest BCUT2D eigenvalue weighted by Crippen LogP contribution is -2.27. The SMILES string of the molecule is COc1ccccc1[C@H](CNc1ccc(S(C)(=O)=O)cc1[N+](=O)[O-])N(C)C. The molecule has 27 heavy (non-hydrogen) atoms. The zero-order valence-corrected chi connectivity index (χ0v) is 16.5. The third-order valence-corrected chi connectivity index (χ3v) is 5.31. The molecule has 146 valence electrons. The van der Waals surface area contributed by atoms with Crippen LogP contribution in [0.5, 0.6) is 5.75 Å². The number of nitro groups is 1. The summed E-state index contributed by atoms with van der Waals surface area (Å²) in [7, 11) is 1.87. The van der Waals surface area contributed by atoms with Gasteiger partial charge in [0.15, 0.2) is 9.84 Å². The second-order valence-corrected chi connectivity index (χ2v) is 8.33. The molecule has 2 rings (SSSR count). The van der Waals surface area contributed by atoms with E-state index in [-0.39, 0.29) is 22.3 Å². The molecule has 0 fully saturated rings. The lowest BCUT2D eigenvalue weighted by atomic mass is 10.0. The normalized spacial score (nSPS) is 12.6. The van der Waals surface area contributed by atoms with Crippen LogP contribution < -0.4 is 10.1 Å². The molecule has 0 saturated heterocycles. The maximum absolute atomic E-state index is 11.7. The zero-order valence-electron chi connectivity index (χ0n) is 15.7. The summed E-state index contributed by atoms with van der Waals surface area (Å²) >= 11 is 0. The van der Waals surface area contributed by atoms with E-state index in [0.29, 0.717) is 6.54 Å². The first-order valence-electron chi connectivity index (χ1n) is 8.17. The molecule has 0 bridgehead atoms. The lowest BCUT2D eigenvalue weighted by Gasteiger charge is -2.27. The van der Waals surface area contributed by atoms with E-state index in [1.165, 1.54) is 12.1 Å². The van der Waals surface area contributed by atoms with E-state index >= 15 is 0 Å². The largest absolute Gasteiger partial charge is 0.496 e. The number of nitrogens with one attached hydrogen (secondary N) is 1. The summed E-state index contributed by atoms with van der Waals surface area (Å²) in [5.74, 6) is 0.722. The molecule has 1 N–H and O–H groups in total. The highest BCUT2D eigenvalue weighted by molar-refractivity contribution is 7.90. The Labute approximate surface area is 158 Å². The molecule has 8 nitrogen and oxygen atoms in total. The highest BCUT2D eigenvalue weighted by Gasteiger charge is 2.22. The Morgan fingerprint density at radius 2 is 1.89 bits per heavy atom. The number of hydrogen-bond acceptors (Lipinski definition) is 7. The van der Waals surface area contributed by atoms with Crippen LogP contribution in [-0.2, 0) is 9.84 Å². The standard InChI is InChI=1S/C18H23N3O5S/c1-20(2)17(14-7-5-6-8-18(14)26-3)12-19-15-10-9-13(27(4,24)25)11-16(15)21(22)23/h5-11,17,19H,12H2,1-4H3/t17-/m0/s1. The Morgan fingerprint density at radius 3 is 2.44 bits per heavy atom. The Balaban J connectivity index is 2.34. The summed E-state index contributed by atoms with van der Waals surface area (Å²) in [5.41, 5.74) is 0.914. The van der Waals surface area contributed by atoms with Crippen LogP contribution in [0.25, 0.3) is 0 Å². The van der Waals surface area contributed by atoms with Gasteiger partial charge in [0.05, 0.1) is 23.0 Å². The van der Waals surface area contributed by atoms with Crippen LogP contribution in [0.3, 0.4) is 0 Å². The van der Waals surface area contributed by atoms with Gasteiger partial charge in [0.2, 0.25) is 0 Å². The van der Waals surface area contributed by atoms with Crippen molar-refractivity contribution in [2.45, 2.75) is 10.9 Å². The molecule has 0 amide bonds. The second kappa shape index (κ2) is 8.36. The van der Waals surface area contributed by atoms with Crippen LogP contribution in [-0.4, -0.2) is 52.2 Å². The maximum atomic E-state index is 11.7. The number of rotatable bonds is 8. The van der Waals surface area contributed by atoms with Gasteiger partial charge in [-0.2, -0.15) is 0 Å². The molecule has 0 spiro atoms. The van der Waals surface area contributed by atoms with Crippen LogP contribution in [0.2, 0.25) is 0 Å². The third-order valence-electron chi connectivity index (χ3n) is 4.20. The van der Waals surface area contributed by atoms with Gasteiger partial charge in [-0.15, -0.1) is 0 Å². The van der Waals surface area contributed by atoms with Gasteiger partial charge in [0.1, 0.15) is 11.4 Å². The number of anilines is 1. The van der Waals surface area contributed by atoms with Gasteiger partial charge in [-0.3, -0.25) is 10.1 Å². The molecule has 0 unspecified atom stereocenters. The number of sulfone groups is 1. The van der Waals surface area contributed by atoms with E-state index in [4.69, 9.17) is 4.74 Å². The highest BCUT2D eigenvalue weighted by Crippen LogP contribution is 2.31. The number of para-hydroxylation sites is 1. The molecule has 2 aromatic rings. The average Bonchev–Trinajstić information content (AvgIpc) is 2.61. The van der Waals surface area contributed by atoms with Crippen molar-refractivity contribution >= 4 is 21.2 Å². The number of nitrogens with zero attached hydrogens (tertiary/aromatic N) is 2. The summed E-state index contributed by atoms with van der Waals surface area (Å²) in [6.07, 6.45) is 1.02. The molecule has 9 heteroatoms. The number of methoxy groups -OCH3 is 1. The van der Waals surface area contributed by atoms with E-state index in [0.717, 1.165) is 23.6 Å². The van der Waals surface area contributed by atoms with Crippen LogP contribution >= 0.6 is 0 Å². The maximum Gasteiger partial charge on any atom is 0.293 e. The van der Waals surface area contributed by atoms with Crippen LogP contribution in [0.15, 0.2) is 47.4 Å². The minimum Gasteiger partial charge on any atom is -0.496 e. The van der Waals surface area contributed by atoms with Crippen molar-refractivity contribution in [1.82, 2.24) is 4.90 Å².